The number of nitrogens with one attached hydrogen (secondary N) is 1. The Balaban J connectivity index is 1.82. The number of halogens is 1. The number of anilines is 1. The van der Waals surface area contributed by atoms with Gasteiger partial charge in [-0.2, -0.15) is 0 Å². The van der Waals surface area contributed by atoms with Gasteiger partial charge < -0.3 is 9.84 Å². The number of hydrogen-bond acceptors (Lipinski definition) is 3. The van der Waals surface area contributed by atoms with Crippen LogP contribution in [0.4, 0.5) is 5.69 Å². The monoisotopic (exact) mass is 312 g/mol. The van der Waals surface area contributed by atoms with Crippen LogP contribution >= 0.6 is 11.6 Å². The summed E-state index contributed by atoms with van der Waals surface area (Å²) in [6.07, 6.45) is 0. The van der Waals surface area contributed by atoms with Gasteiger partial charge in [0.25, 0.3) is 5.91 Å². The molecule has 0 fully saturated rings. The lowest BCUT2D eigenvalue weighted by Crippen LogP contribution is -2.11. The second kappa shape index (κ2) is 6.03. The smallest absolute Gasteiger partial charge is 0.277 e. The van der Waals surface area contributed by atoms with E-state index < -0.39 is 0 Å². The molecule has 22 heavy (non-hydrogen) atoms. The van der Waals surface area contributed by atoms with E-state index in [1.165, 1.54) is 0 Å². The van der Waals surface area contributed by atoms with Crippen molar-refractivity contribution in [1.82, 2.24) is 5.16 Å². The van der Waals surface area contributed by atoms with Gasteiger partial charge in [0.2, 0.25) is 0 Å². The van der Waals surface area contributed by atoms with E-state index in [0.29, 0.717) is 16.5 Å². The van der Waals surface area contributed by atoms with E-state index in [2.05, 4.69) is 10.5 Å². The summed E-state index contributed by atoms with van der Waals surface area (Å²) in [4.78, 5) is 12.2. The van der Waals surface area contributed by atoms with Crippen LogP contribution in [0.25, 0.3) is 11.3 Å². The number of nitrogens with zero attached hydrogens (tertiary/aromatic N) is 1. The predicted molar refractivity (Wildman–Crippen MR) is 86.1 cm³/mol. The van der Waals surface area contributed by atoms with Crippen LogP contribution in [0.5, 0.6) is 0 Å². The van der Waals surface area contributed by atoms with Crippen molar-refractivity contribution in [3.05, 3.63) is 70.9 Å². The van der Waals surface area contributed by atoms with E-state index in [9.17, 15) is 4.79 Å². The Kier molecular flexibility index (Phi) is 3.94. The highest BCUT2D eigenvalue weighted by molar-refractivity contribution is 6.30. The van der Waals surface area contributed by atoms with E-state index in [1.54, 1.807) is 30.3 Å². The first-order chi connectivity index (χ1) is 10.6. The fourth-order valence-electron chi connectivity index (χ4n) is 2.12. The Morgan fingerprint density at radius 3 is 2.73 bits per heavy atom. The van der Waals surface area contributed by atoms with Gasteiger partial charge in [0.15, 0.2) is 11.5 Å². The highest BCUT2D eigenvalue weighted by Crippen LogP contribution is 2.24. The summed E-state index contributed by atoms with van der Waals surface area (Å²) < 4.78 is 5.28. The minimum Gasteiger partial charge on any atom is -0.355 e. The highest BCUT2D eigenvalue weighted by atomic mass is 35.5. The molecule has 5 heteroatoms. The SMILES string of the molecule is Cc1ccccc1-c1cc(C(=O)Nc2cccc(Cl)c2)no1. The Hall–Kier alpha value is -2.59. The number of carbonyl (C=O) groups excluding carboxylic acids is 1. The third-order valence-corrected chi connectivity index (χ3v) is 3.47. The van der Waals surface area contributed by atoms with Crippen molar-refractivity contribution in [2.45, 2.75) is 6.92 Å². The van der Waals surface area contributed by atoms with E-state index in [4.69, 9.17) is 16.1 Å². The molecule has 0 bridgehead atoms. The molecule has 2 aromatic carbocycles. The molecule has 0 aliphatic heterocycles. The fraction of sp³-hybridized carbons (Fsp3) is 0.0588. The van der Waals surface area contributed by atoms with Gasteiger partial charge in [-0.25, -0.2) is 0 Å². The van der Waals surface area contributed by atoms with E-state index >= 15 is 0 Å². The highest BCUT2D eigenvalue weighted by Gasteiger charge is 2.15. The first kappa shape index (κ1) is 14.4. The zero-order valence-corrected chi connectivity index (χ0v) is 12.6. The average Bonchev–Trinajstić information content (AvgIpc) is 2.97. The third-order valence-electron chi connectivity index (χ3n) is 3.24. The number of amides is 1. The number of aromatic nitrogens is 1. The molecule has 1 aromatic heterocycles. The van der Waals surface area contributed by atoms with Crippen LogP contribution in [0.2, 0.25) is 5.02 Å². The van der Waals surface area contributed by atoms with Crippen molar-refractivity contribution >= 4 is 23.2 Å². The zero-order valence-electron chi connectivity index (χ0n) is 11.8. The second-order valence-corrected chi connectivity index (χ2v) is 5.29. The summed E-state index contributed by atoms with van der Waals surface area (Å²) >= 11 is 5.89. The zero-order chi connectivity index (χ0) is 15.5. The molecule has 0 saturated carbocycles. The van der Waals surface area contributed by atoms with Gasteiger partial charge in [-0.15, -0.1) is 0 Å². The van der Waals surface area contributed by atoms with Gasteiger partial charge in [-0.3, -0.25) is 4.79 Å². The summed E-state index contributed by atoms with van der Waals surface area (Å²) in [6.45, 7) is 1.98. The van der Waals surface area contributed by atoms with E-state index in [1.807, 2.05) is 31.2 Å². The lowest BCUT2D eigenvalue weighted by atomic mass is 10.1. The molecule has 0 saturated heterocycles. The van der Waals surface area contributed by atoms with Crippen molar-refractivity contribution in [3.63, 3.8) is 0 Å². The number of rotatable bonds is 3. The summed E-state index contributed by atoms with van der Waals surface area (Å²) in [6, 6.07) is 16.3. The molecule has 110 valence electrons. The molecular weight excluding hydrogens is 300 g/mol. The average molecular weight is 313 g/mol. The molecule has 0 spiro atoms. The molecule has 1 N–H and O–H groups in total. The molecule has 0 aliphatic carbocycles. The van der Waals surface area contributed by atoms with Gasteiger partial charge in [0.05, 0.1) is 0 Å². The Bertz CT molecular complexity index is 827. The maximum absolute atomic E-state index is 12.2. The minimum atomic E-state index is -0.342. The summed E-state index contributed by atoms with van der Waals surface area (Å²) in [5.74, 6) is 0.222. The molecule has 1 heterocycles. The maximum atomic E-state index is 12.2. The standard InChI is InChI=1S/C17H13ClN2O2/c1-11-5-2-3-8-14(11)16-10-15(20-22-16)17(21)19-13-7-4-6-12(18)9-13/h2-10H,1H3,(H,19,21). The van der Waals surface area contributed by atoms with Gasteiger partial charge in [0, 0.05) is 22.3 Å². The summed E-state index contributed by atoms with van der Waals surface area (Å²) in [5, 5.41) is 7.12. The number of benzene rings is 2. The number of carbonyl (C=O) groups is 1. The number of hydrogen-bond donors (Lipinski definition) is 1. The van der Waals surface area contributed by atoms with Gasteiger partial charge in [-0.05, 0) is 30.7 Å². The molecular formula is C17H13ClN2O2. The van der Waals surface area contributed by atoms with Crippen molar-refractivity contribution in [2.75, 3.05) is 5.32 Å². The van der Waals surface area contributed by atoms with Crippen LogP contribution < -0.4 is 5.32 Å². The van der Waals surface area contributed by atoms with Crippen LogP contribution in [0, 0.1) is 6.92 Å². The first-order valence-electron chi connectivity index (χ1n) is 6.73. The van der Waals surface area contributed by atoms with Gasteiger partial charge in [0.1, 0.15) is 0 Å². The van der Waals surface area contributed by atoms with Crippen LogP contribution in [-0.4, -0.2) is 11.1 Å². The van der Waals surface area contributed by atoms with Gasteiger partial charge in [-0.1, -0.05) is 47.1 Å². The van der Waals surface area contributed by atoms with Crippen LogP contribution in [0.1, 0.15) is 16.1 Å². The third kappa shape index (κ3) is 3.02. The van der Waals surface area contributed by atoms with Crippen molar-refractivity contribution in [3.8, 4) is 11.3 Å². The van der Waals surface area contributed by atoms with Crippen molar-refractivity contribution in [1.29, 1.82) is 0 Å². The quantitative estimate of drug-likeness (QED) is 0.771. The first-order valence-corrected chi connectivity index (χ1v) is 7.11. The fourth-order valence-corrected chi connectivity index (χ4v) is 2.31. The normalized spacial score (nSPS) is 10.5. The molecule has 0 atom stereocenters. The molecule has 1 amide bonds. The van der Waals surface area contributed by atoms with Crippen LogP contribution in [-0.2, 0) is 0 Å². The minimum absolute atomic E-state index is 0.221. The van der Waals surface area contributed by atoms with Crippen molar-refractivity contribution < 1.29 is 9.32 Å². The molecule has 3 rings (SSSR count). The molecule has 3 aromatic rings. The Morgan fingerprint density at radius 1 is 1.14 bits per heavy atom. The lowest BCUT2D eigenvalue weighted by Gasteiger charge is -2.02. The van der Waals surface area contributed by atoms with Crippen LogP contribution in [0.15, 0.2) is 59.1 Å². The number of aryl methyl sites for hydroxylation is 1. The lowest BCUT2D eigenvalue weighted by molar-refractivity contribution is 0.101. The summed E-state index contributed by atoms with van der Waals surface area (Å²) in [5.41, 5.74) is 2.80. The van der Waals surface area contributed by atoms with Crippen molar-refractivity contribution in [2.24, 2.45) is 0 Å². The van der Waals surface area contributed by atoms with E-state index in [-0.39, 0.29) is 11.6 Å². The molecule has 0 aliphatic rings. The Labute approximate surface area is 132 Å². The topological polar surface area (TPSA) is 55.1 Å². The second-order valence-electron chi connectivity index (χ2n) is 4.86. The molecule has 0 radical (unpaired) electrons. The maximum Gasteiger partial charge on any atom is 0.277 e. The Morgan fingerprint density at radius 2 is 1.95 bits per heavy atom. The van der Waals surface area contributed by atoms with Gasteiger partial charge >= 0.3 is 0 Å². The largest absolute Gasteiger partial charge is 0.355 e. The van der Waals surface area contributed by atoms with E-state index in [0.717, 1.165) is 11.1 Å². The summed E-state index contributed by atoms with van der Waals surface area (Å²) in [7, 11) is 0. The molecule has 4 nitrogen and oxygen atoms in total. The molecule has 0 unspecified atom stereocenters. The predicted octanol–water partition coefficient (Wildman–Crippen LogP) is 4.56. The van der Waals surface area contributed by atoms with Crippen LogP contribution in [0.3, 0.4) is 0 Å².